The molecule has 1 aromatic carbocycles. The predicted octanol–water partition coefficient (Wildman–Crippen LogP) is 5.76. The summed E-state index contributed by atoms with van der Waals surface area (Å²) in [5.74, 6) is -0.461. The summed E-state index contributed by atoms with van der Waals surface area (Å²) >= 11 is 0. The fourth-order valence-electron chi connectivity index (χ4n) is 4.59. The van der Waals surface area contributed by atoms with Gasteiger partial charge in [-0.15, -0.1) is 0 Å². The number of nitrogens with zero attached hydrogens (tertiary/aromatic N) is 3. The first-order valence-corrected chi connectivity index (χ1v) is 12.2. The zero-order chi connectivity index (χ0) is 24.9. The lowest BCUT2D eigenvalue weighted by molar-refractivity contribution is 0.0519. The van der Waals surface area contributed by atoms with Gasteiger partial charge in [0.25, 0.3) is 0 Å². The molecule has 7 heteroatoms. The first-order valence-electron chi connectivity index (χ1n) is 12.2. The summed E-state index contributed by atoms with van der Waals surface area (Å²) in [7, 11) is 0. The van der Waals surface area contributed by atoms with Gasteiger partial charge in [0.1, 0.15) is 5.69 Å². The number of nitrogens with one attached hydrogen (secondary N) is 1. The number of aromatic nitrogens is 2. The van der Waals surface area contributed by atoms with Gasteiger partial charge in [-0.1, -0.05) is 37.6 Å². The number of hydrogen-bond donors (Lipinski definition) is 1. The van der Waals surface area contributed by atoms with Gasteiger partial charge in [0.2, 0.25) is 0 Å². The van der Waals surface area contributed by atoms with Crippen LogP contribution in [0.15, 0.2) is 54.9 Å². The SMILES string of the molecule is CCC[C@@H]1c2c(cc(C(=O)OCC)nc2-c2cccc(-c3cccnc3)c2)CN1C(=O)NC(C)C. The minimum absolute atomic E-state index is 0.0253. The highest BCUT2D eigenvalue weighted by molar-refractivity contribution is 5.89. The van der Waals surface area contributed by atoms with Crippen molar-refractivity contribution < 1.29 is 14.3 Å². The molecule has 3 aromatic rings. The Morgan fingerprint density at radius 1 is 1.11 bits per heavy atom. The number of fused-ring (bicyclic) bond motifs is 1. The van der Waals surface area contributed by atoms with Crippen molar-refractivity contribution in [3.8, 4) is 22.4 Å². The van der Waals surface area contributed by atoms with Crippen molar-refractivity contribution in [2.45, 2.75) is 59.2 Å². The Morgan fingerprint density at radius 2 is 1.89 bits per heavy atom. The molecule has 0 unspecified atom stereocenters. The molecule has 0 spiro atoms. The van der Waals surface area contributed by atoms with Crippen molar-refractivity contribution in [3.63, 3.8) is 0 Å². The fraction of sp³-hybridized carbons (Fsp3) is 0.357. The number of hydrogen-bond acceptors (Lipinski definition) is 5. The second kappa shape index (κ2) is 10.7. The van der Waals surface area contributed by atoms with Crippen LogP contribution in [-0.2, 0) is 11.3 Å². The van der Waals surface area contributed by atoms with Gasteiger partial charge in [0.05, 0.1) is 18.3 Å². The molecule has 0 fully saturated rings. The summed E-state index contributed by atoms with van der Waals surface area (Å²) in [6.07, 6.45) is 5.28. The third kappa shape index (κ3) is 5.19. The summed E-state index contributed by atoms with van der Waals surface area (Å²) in [6.45, 7) is 8.48. The van der Waals surface area contributed by atoms with E-state index < -0.39 is 5.97 Å². The highest BCUT2D eigenvalue weighted by Gasteiger charge is 2.37. The lowest BCUT2D eigenvalue weighted by atomic mass is 9.93. The van der Waals surface area contributed by atoms with Crippen LogP contribution in [0.5, 0.6) is 0 Å². The Hall–Kier alpha value is -3.74. The molecule has 1 aliphatic heterocycles. The van der Waals surface area contributed by atoms with E-state index in [2.05, 4.69) is 23.3 Å². The first-order chi connectivity index (χ1) is 16.9. The number of rotatable bonds is 7. The van der Waals surface area contributed by atoms with Crippen LogP contribution in [0.1, 0.15) is 68.2 Å². The molecule has 0 aliphatic carbocycles. The molecule has 182 valence electrons. The maximum absolute atomic E-state index is 13.1. The van der Waals surface area contributed by atoms with Crippen LogP contribution in [0, 0.1) is 0 Å². The lowest BCUT2D eigenvalue weighted by Crippen LogP contribution is -2.42. The van der Waals surface area contributed by atoms with Crippen LogP contribution in [0.2, 0.25) is 0 Å². The number of benzene rings is 1. The van der Waals surface area contributed by atoms with Crippen LogP contribution in [-0.4, -0.2) is 39.5 Å². The van der Waals surface area contributed by atoms with E-state index in [0.29, 0.717) is 6.54 Å². The Labute approximate surface area is 206 Å². The Bertz CT molecular complexity index is 1210. The third-order valence-corrected chi connectivity index (χ3v) is 6.04. The summed E-state index contributed by atoms with van der Waals surface area (Å²) in [6, 6.07) is 13.6. The number of amides is 2. The molecule has 3 heterocycles. The molecule has 7 nitrogen and oxygen atoms in total. The van der Waals surface area contributed by atoms with Gasteiger partial charge in [-0.3, -0.25) is 4.98 Å². The van der Waals surface area contributed by atoms with Crippen molar-refractivity contribution in [2.24, 2.45) is 0 Å². The Morgan fingerprint density at radius 3 is 2.57 bits per heavy atom. The summed E-state index contributed by atoms with van der Waals surface area (Å²) in [4.78, 5) is 36.7. The summed E-state index contributed by atoms with van der Waals surface area (Å²) in [5.41, 5.74) is 5.80. The van der Waals surface area contributed by atoms with Crippen LogP contribution in [0.4, 0.5) is 4.79 Å². The first kappa shape index (κ1) is 24.4. The van der Waals surface area contributed by atoms with E-state index >= 15 is 0 Å². The number of carbonyl (C=O) groups is 2. The second-order valence-electron chi connectivity index (χ2n) is 9.01. The molecule has 1 aliphatic rings. The van der Waals surface area contributed by atoms with Crippen LogP contribution >= 0.6 is 0 Å². The maximum Gasteiger partial charge on any atom is 0.356 e. The molecule has 2 aromatic heterocycles. The standard InChI is InChI=1S/C28H32N4O3/c1-5-9-24-25-22(17-32(24)28(34)30-18(3)4)15-23(27(33)35-6-2)31-26(25)20-11-7-10-19(14-20)21-12-8-13-29-16-21/h7-8,10-16,18,24H,5-6,9,17H2,1-4H3,(H,30,34)/t24-/m1/s1. The minimum Gasteiger partial charge on any atom is -0.461 e. The van der Waals surface area contributed by atoms with Gasteiger partial charge >= 0.3 is 12.0 Å². The van der Waals surface area contributed by atoms with E-state index in [1.807, 2.05) is 55.3 Å². The van der Waals surface area contributed by atoms with Gasteiger partial charge in [0, 0.05) is 41.7 Å². The van der Waals surface area contributed by atoms with E-state index in [-0.39, 0.29) is 30.4 Å². The number of urea groups is 1. The largest absolute Gasteiger partial charge is 0.461 e. The van der Waals surface area contributed by atoms with Gasteiger partial charge in [-0.25, -0.2) is 14.6 Å². The van der Waals surface area contributed by atoms with Gasteiger partial charge in [0.15, 0.2) is 0 Å². The molecule has 0 bridgehead atoms. The van der Waals surface area contributed by atoms with Crippen molar-refractivity contribution >= 4 is 12.0 Å². The predicted molar refractivity (Wildman–Crippen MR) is 136 cm³/mol. The Kier molecular flexibility index (Phi) is 7.44. The van der Waals surface area contributed by atoms with Crippen molar-refractivity contribution in [3.05, 3.63) is 71.7 Å². The van der Waals surface area contributed by atoms with E-state index in [9.17, 15) is 9.59 Å². The highest BCUT2D eigenvalue weighted by atomic mass is 16.5. The molecule has 1 atom stereocenters. The minimum atomic E-state index is -0.461. The van der Waals surface area contributed by atoms with Gasteiger partial charge in [-0.05, 0) is 56.5 Å². The number of esters is 1. The molecule has 35 heavy (non-hydrogen) atoms. The van der Waals surface area contributed by atoms with E-state index in [4.69, 9.17) is 9.72 Å². The zero-order valence-electron chi connectivity index (χ0n) is 20.7. The molecular weight excluding hydrogens is 440 g/mol. The normalized spacial score (nSPS) is 14.7. The molecule has 0 saturated heterocycles. The summed E-state index contributed by atoms with van der Waals surface area (Å²) < 4.78 is 5.27. The van der Waals surface area contributed by atoms with E-state index in [0.717, 1.165) is 46.4 Å². The van der Waals surface area contributed by atoms with Crippen LogP contribution in [0.3, 0.4) is 0 Å². The maximum atomic E-state index is 13.1. The summed E-state index contributed by atoms with van der Waals surface area (Å²) in [5, 5.41) is 3.02. The monoisotopic (exact) mass is 472 g/mol. The quantitative estimate of drug-likeness (QED) is 0.442. The second-order valence-corrected chi connectivity index (χ2v) is 9.01. The van der Waals surface area contributed by atoms with Crippen molar-refractivity contribution in [1.29, 1.82) is 0 Å². The molecule has 0 radical (unpaired) electrons. The number of ether oxygens (including phenoxy) is 1. The van der Waals surface area contributed by atoms with E-state index in [1.54, 1.807) is 19.2 Å². The number of carbonyl (C=O) groups excluding carboxylic acids is 2. The van der Waals surface area contributed by atoms with E-state index in [1.165, 1.54) is 0 Å². The van der Waals surface area contributed by atoms with Gasteiger partial charge < -0.3 is 15.0 Å². The van der Waals surface area contributed by atoms with Crippen LogP contribution < -0.4 is 5.32 Å². The zero-order valence-corrected chi connectivity index (χ0v) is 20.7. The molecule has 0 saturated carbocycles. The topological polar surface area (TPSA) is 84.4 Å². The molecule has 4 rings (SSSR count). The average Bonchev–Trinajstić information content (AvgIpc) is 3.23. The van der Waals surface area contributed by atoms with Gasteiger partial charge in [-0.2, -0.15) is 0 Å². The lowest BCUT2D eigenvalue weighted by Gasteiger charge is -2.27. The molecule has 1 N–H and O–H groups in total. The van der Waals surface area contributed by atoms with Crippen molar-refractivity contribution in [2.75, 3.05) is 6.61 Å². The van der Waals surface area contributed by atoms with Crippen LogP contribution in [0.25, 0.3) is 22.4 Å². The molecular formula is C28H32N4O3. The fourth-order valence-corrected chi connectivity index (χ4v) is 4.59. The molecule has 2 amide bonds. The third-order valence-electron chi connectivity index (χ3n) is 6.04. The Balaban J connectivity index is 1.86. The average molecular weight is 473 g/mol. The highest BCUT2D eigenvalue weighted by Crippen LogP contribution is 2.43. The smallest absolute Gasteiger partial charge is 0.356 e. The van der Waals surface area contributed by atoms with Crippen molar-refractivity contribution in [1.82, 2.24) is 20.2 Å². The number of pyridine rings is 2.